The van der Waals surface area contributed by atoms with Gasteiger partial charge in [0, 0.05) is 6.08 Å². The lowest BCUT2D eigenvalue weighted by Gasteiger charge is -2.00. The SMILES string of the molecule is C1=C(C2=CCCC2)CCC1.C=CC(=O)O. The lowest BCUT2D eigenvalue weighted by atomic mass is 10.1. The van der Waals surface area contributed by atoms with Crippen LogP contribution in [0.25, 0.3) is 0 Å². The van der Waals surface area contributed by atoms with E-state index in [4.69, 9.17) is 5.11 Å². The van der Waals surface area contributed by atoms with Crippen LogP contribution in [0.2, 0.25) is 0 Å². The molecular formula is C13H18O2. The maximum absolute atomic E-state index is 9.25. The van der Waals surface area contributed by atoms with Crippen molar-refractivity contribution in [3.05, 3.63) is 36.0 Å². The number of carbonyl (C=O) groups is 1. The van der Waals surface area contributed by atoms with Gasteiger partial charge in [0.1, 0.15) is 0 Å². The van der Waals surface area contributed by atoms with Gasteiger partial charge < -0.3 is 5.11 Å². The van der Waals surface area contributed by atoms with E-state index in [2.05, 4.69) is 18.7 Å². The summed E-state index contributed by atoms with van der Waals surface area (Å²) in [5, 5.41) is 7.60. The standard InChI is InChI=1S/C10H14.C3H4O2/c1-2-6-9(5-1)10-7-3-4-8-10;1-2-3(4)5/h5,7H,1-4,6,8H2;2H,1H2,(H,4,5). The summed E-state index contributed by atoms with van der Waals surface area (Å²) in [6.07, 6.45) is 13.8. The van der Waals surface area contributed by atoms with Crippen molar-refractivity contribution in [3.63, 3.8) is 0 Å². The number of hydrogen-bond donors (Lipinski definition) is 1. The second-order valence-corrected chi connectivity index (χ2v) is 3.79. The van der Waals surface area contributed by atoms with Crippen LogP contribution >= 0.6 is 0 Å². The average Bonchev–Trinajstić information content (AvgIpc) is 2.90. The Morgan fingerprint density at radius 3 is 1.80 bits per heavy atom. The fraction of sp³-hybridized carbons (Fsp3) is 0.462. The summed E-state index contributed by atoms with van der Waals surface area (Å²) in [5.41, 5.74) is 3.33. The van der Waals surface area contributed by atoms with Gasteiger partial charge in [-0.3, -0.25) is 0 Å². The Balaban J connectivity index is 0.000000195. The van der Waals surface area contributed by atoms with Crippen LogP contribution in [-0.4, -0.2) is 11.1 Å². The number of carboxylic acid groups (broad SMARTS) is 1. The minimum Gasteiger partial charge on any atom is -0.478 e. The van der Waals surface area contributed by atoms with Gasteiger partial charge in [-0.25, -0.2) is 4.79 Å². The second kappa shape index (κ2) is 6.23. The summed E-state index contributed by atoms with van der Waals surface area (Å²) in [5.74, 6) is -0.981. The van der Waals surface area contributed by atoms with Gasteiger partial charge in [-0.05, 0) is 49.7 Å². The molecule has 0 radical (unpaired) electrons. The third-order valence-electron chi connectivity index (χ3n) is 2.67. The van der Waals surface area contributed by atoms with Gasteiger partial charge in [-0.1, -0.05) is 18.7 Å². The summed E-state index contributed by atoms with van der Waals surface area (Å²) in [6.45, 7) is 2.96. The zero-order chi connectivity index (χ0) is 11.1. The molecule has 0 spiro atoms. The van der Waals surface area contributed by atoms with Crippen molar-refractivity contribution in [2.45, 2.75) is 38.5 Å². The summed E-state index contributed by atoms with van der Waals surface area (Å²) >= 11 is 0. The Hall–Kier alpha value is -1.31. The smallest absolute Gasteiger partial charge is 0.327 e. The Bertz CT molecular complexity index is 276. The molecule has 15 heavy (non-hydrogen) atoms. The number of allylic oxidation sites excluding steroid dienone is 4. The third-order valence-corrected chi connectivity index (χ3v) is 2.67. The average molecular weight is 206 g/mol. The number of carboxylic acids is 1. The number of hydrogen-bond acceptors (Lipinski definition) is 1. The molecule has 2 nitrogen and oxygen atoms in total. The van der Waals surface area contributed by atoms with E-state index in [-0.39, 0.29) is 0 Å². The van der Waals surface area contributed by atoms with Crippen LogP contribution in [0.4, 0.5) is 0 Å². The molecule has 2 heteroatoms. The van der Waals surface area contributed by atoms with Gasteiger partial charge in [0.25, 0.3) is 0 Å². The summed E-state index contributed by atoms with van der Waals surface area (Å²) in [4.78, 5) is 9.25. The fourth-order valence-corrected chi connectivity index (χ4v) is 1.93. The van der Waals surface area contributed by atoms with E-state index in [0.717, 1.165) is 6.08 Å². The van der Waals surface area contributed by atoms with E-state index in [1.807, 2.05) is 0 Å². The van der Waals surface area contributed by atoms with Crippen LogP contribution in [0.5, 0.6) is 0 Å². The molecule has 0 heterocycles. The van der Waals surface area contributed by atoms with Crippen molar-refractivity contribution in [2.24, 2.45) is 0 Å². The second-order valence-electron chi connectivity index (χ2n) is 3.79. The van der Waals surface area contributed by atoms with Crippen LogP contribution in [0.1, 0.15) is 38.5 Å². The molecule has 0 atom stereocenters. The first kappa shape index (κ1) is 11.8. The molecule has 2 aliphatic rings. The van der Waals surface area contributed by atoms with Gasteiger partial charge >= 0.3 is 5.97 Å². The first-order valence-corrected chi connectivity index (χ1v) is 5.48. The van der Waals surface area contributed by atoms with Gasteiger partial charge in [0.15, 0.2) is 0 Å². The summed E-state index contributed by atoms with van der Waals surface area (Å²) in [7, 11) is 0. The van der Waals surface area contributed by atoms with Crippen LogP contribution in [0.3, 0.4) is 0 Å². The Kier molecular flexibility index (Phi) is 4.88. The largest absolute Gasteiger partial charge is 0.478 e. The molecule has 0 unspecified atom stereocenters. The predicted octanol–water partition coefficient (Wildman–Crippen LogP) is 3.46. The van der Waals surface area contributed by atoms with Crippen molar-refractivity contribution in [2.75, 3.05) is 0 Å². The highest BCUT2D eigenvalue weighted by atomic mass is 16.4. The zero-order valence-corrected chi connectivity index (χ0v) is 9.04. The fourth-order valence-electron chi connectivity index (χ4n) is 1.93. The van der Waals surface area contributed by atoms with Crippen LogP contribution in [0, 0.1) is 0 Å². The Labute approximate surface area is 91.0 Å². The monoisotopic (exact) mass is 206 g/mol. The summed E-state index contributed by atoms with van der Waals surface area (Å²) in [6, 6.07) is 0. The zero-order valence-electron chi connectivity index (χ0n) is 9.04. The first-order chi connectivity index (χ1) is 7.24. The topological polar surface area (TPSA) is 37.3 Å². The highest BCUT2D eigenvalue weighted by Gasteiger charge is 2.11. The molecule has 2 aliphatic carbocycles. The third kappa shape index (κ3) is 4.15. The predicted molar refractivity (Wildman–Crippen MR) is 61.7 cm³/mol. The molecule has 0 fully saturated rings. The minimum atomic E-state index is -0.981. The van der Waals surface area contributed by atoms with Gasteiger partial charge in [-0.2, -0.15) is 0 Å². The molecule has 0 aromatic rings. The van der Waals surface area contributed by atoms with Gasteiger partial charge in [-0.15, -0.1) is 0 Å². The van der Waals surface area contributed by atoms with E-state index >= 15 is 0 Å². The minimum absolute atomic E-state index is 0.833. The maximum atomic E-state index is 9.25. The van der Waals surface area contributed by atoms with Gasteiger partial charge in [0.05, 0.1) is 0 Å². The van der Waals surface area contributed by atoms with Crippen LogP contribution < -0.4 is 0 Å². The van der Waals surface area contributed by atoms with E-state index in [1.54, 1.807) is 11.1 Å². The van der Waals surface area contributed by atoms with Crippen molar-refractivity contribution in [1.29, 1.82) is 0 Å². The highest BCUT2D eigenvalue weighted by molar-refractivity contribution is 5.78. The van der Waals surface area contributed by atoms with Crippen molar-refractivity contribution in [1.82, 2.24) is 0 Å². The highest BCUT2D eigenvalue weighted by Crippen LogP contribution is 2.31. The normalized spacial score (nSPS) is 18.7. The molecule has 0 aromatic heterocycles. The first-order valence-electron chi connectivity index (χ1n) is 5.48. The maximum Gasteiger partial charge on any atom is 0.327 e. The molecule has 0 bridgehead atoms. The number of rotatable bonds is 2. The molecule has 1 N–H and O–H groups in total. The van der Waals surface area contributed by atoms with Crippen LogP contribution in [-0.2, 0) is 4.79 Å². The van der Waals surface area contributed by atoms with E-state index in [9.17, 15) is 4.79 Å². The molecule has 0 aliphatic heterocycles. The Morgan fingerprint density at radius 2 is 1.60 bits per heavy atom. The molecule has 0 aromatic carbocycles. The van der Waals surface area contributed by atoms with Gasteiger partial charge in [0.2, 0.25) is 0 Å². The molecule has 82 valence electrons. The molecule has 0 saturated carbocycles. The Morgan fingerprint density at radius 1 is 1.20 bits per heavy atom. The van der Waals surface area contributed by atoms with Crippen LogP contribution in [0.15, 0.2) is 36.0 Å². The molecule has 2 rings (SSSR count). The van der Waals surface area contributed by atoms with E-state index < -0.39 is 5.97 Å². The lowest BCUT2D eigenvalue weighted by molar-refractivity contribution is -0.131. The van der Waals surface area contributed by atoms with E-state index in [1.165, 1.54) is 38.5 Å². The van der Waals surface area contributed by atoms with E-state index in [0.29, 0.717) is 0 Å². The summed E-state index contributed by atoms with van der Waals surface area (Å²) < 4.78 is 0. The molecule has 0 amide bonds. The number of aliphatic carboxylic acids is 1. The van der Waals surface area contributed by atoms with Crippen molar-refractivity contribution in [3.8, 4) is 0 Å². The molecule has 0 saturated heterocycles. The van der Waals surface area contributed by atoms with Crippen molar-refractivity contribution < 1.29 is 9.90 Å². The lowest BCUT2D eigenvalue weighted by Crippen LogP contribution is -1.82. The quantitative estimate of drug-likeness (QED) is 0.702. The van der Waals surface area contributed by atoms with Crippen molar-refractivity contribution >= 4 is 5.97 Å². The molecular weight excluding hydrogens is 188 g/mol.